The van der Waals surface area contributed by atoms with Gasteiger partial charge < -0.3 is 15.0 Å². The minimum atomic E-state index is -0.450. The average Bonchev–Trinajstić information content (AvgIpc) is 3.35. The number of amides is 1. The summed E-state index contributed by atoms with van der Waals surface area (Å²) >= 11 is 0. The Morgan fingerprint density at radius 1 is 1.06 bits per heavy atom. The minimum Gasteiger partial charge on any atom is -0.396 e. The van der Waals surface area contributed by atoms with Gasteiger partial charge in [0.1, 0.15) is 0 Å². The molecule has 5 atom stereocenters. The third kappa shape index (κ3) is 3.59. The second-order valence-electron chi connectivity index (χ2n) is 9.16. The highest BCUT2D eigenvalue weighted by atomic mass is 16.3. The van der Waals surface area contributed by atoms with Gasteiger partial charge in [-0.2, -0.15) is 0 Å². The molecule has 0 aliphatic carbocycles. The van der Waals surface area contributed by atoms with Crippen LogP contribution in [0.1, 0.15) is 30.3 Å². The van der Waals surface area contributed by atoms with Crippen LogP contribution >= 0.6 is 0 Å². The van der Waals surface area contributed by atoms with Crippen LogP contribution in [0.15, 0.2) is 77.6 Å². The third-order valence-electron chi connectivity index (χ3n) is 7.37. The van der Waals surface area contributed by atoms with E-state index in [9.17, 15) is 14.7 Å². The number of aliphatic hydroxyl groups is 1. The summed E-state index contributed by atoms with van der Waals surface area (Å²) in [5, 5.41) is 13.4. The summed E-state index contributed by atoms with van der Waals surface area (Å²) in [7, 11) is 1.93. The van der Waals surface area contributed by atoms with E-state index in [2.05, 4.69) is 5.32 Å². The minimum absolute atomic E-state index is 0.00139. The number of likely N-dealkylation sites (N-methyl/N-ethyl adjacent to an activating group) is 1. The molecule has 1 fully saturated rings. The number of nitrogens with zero attached hydrogens (tertiary/aromatic N) is 2. The number of benzene rings is 2. The first-order valence-corrected chi connectivity index (χ1v) is 11.5. The Balaban J connectivity index is 1.43. The van der Waals surface area contributed by atoms with Crippen molar-refractivity contribution < 1.29 is 9.90 Å². The highest BCUT2D eigenvalue weighted by Crippen LogP contribution is 2.48. The van der Waals surface area contributed by atoms with Crippen LogP contribution in [-0.4, -0.2) is 40.2 Å². The first-order chi connectivity index (χ1) is 16.0. The molecular formula is C27H29N3O3. The summed E-state index contributed by atoms with van der Waals surface area (Å²) in [6.07, 6.45) is 0. The first kappa shape index (κ1) is 21.6. The lowest BCUT2D eigenvalue weighted by molar-refractivity contribution is -0.127. The molecule has 6 heteroatoms. The van der Waals surface area contributed by atoms with E-state index in [1.165, 1.54) is 0 Å². The number of rotatable bonds is 5. The van der Waals surface area contributed by atoms with E-state index in [0.29, 0.717) is 12.1 Å². The van der Waals surface area contributed by atoms with E-state index in [1.54, 1.807) is 0 Å². The summed E-state index contributed by atoms with van der Waals surface area (Å²) in [6, 6.07) is 22.8. The molecular weight excluding hydrogens is 414 g/mol. The van der Waals surface area contributed by atoms with Gasteiger partial charge in [0.2, 0.25) is 5.91 Å². The number of aliphatic hydroxyl groups excluding tert-OH is 1. The Labute approximate surface area is 193 Å². The molecule has 0 spiro atoms. The average molecular weight is 444 g/mol. The molecule has 1 saturated heterocycles. The molecule has 1 aromatic heterocycles. The lowest BCUT2D eigenvalue weighted by Gasteiger charge is -2.28. The number of nitrogens with one attached hydrogen (secondary N) is 1. The van der Waals surface area contributed by atoms with E-state index in [1.807, 2.05) is 96.2 Å². The van der Waals surface area contributed by atoms with Crippen molar-refractivity contribution in [3.05, 3.63) is 94.4 Å². The quantitative estimate of drug-likeness (QED) is 0.636. The van der Waals surface area contributed by atoms with Gasteiger partial charge in [-0.15, -0.1) is 0 Å². The van der Waals surface area contributed by atoms with Crippen molar-refractivity contribution in [1.82, 2.24) is 14.8 Å². The zero-order valence-electron chi connectivity index (χ0n) is 18.9. The number of fused-ring (bicyclic) bond motifs is 3. The molecule has 33 heavy (non-hydrogen) atoms. The summed E-state index contributed by atoms with van der Waals surface area (Å²) in [5.74, 6) is -0.332. The number of hydrogen-bond acceptors (Lipinski definition) is 4. The zero-order chi connectivity index (χ0) is 23.1. The van der Waals surface area contributed by atoms with Crippen molar-refractivity contribution in [1.29, 1.82) is 0 Å². The topological polar surface area (TPSA) is 74.6 Å². The number of likely N-dealkylation sites (tertiary alicyclic amines) is 1. The van der Waals surface area contributed by atoms with Crippen LogP contribution < -0.4 is 10.9 Å². The van der Waals surface area contributed by atoms with Gasteiger partial charge in [-0.05, 0) is 37.2 Å². The lowest BCUT2D eigenvalue weighted by atomic mass is 9.88. The molecule has 2 aliphatic rings. The zero-order valence-corrected chi connectivity index (χ0v) is 18.9. The largest absolute Gasteiger partial charge is 0.396 e. The number of aromatic nitrogens is 1. The van der Waals surface area contributed by atoms with Gasteiger partial charge in [-0.3, -0.25) is 14.5 Å². The summed E-state index contributed by atoms with van der Waals surface area (Å²) < 4.78 is 1.83. The Hall–Kier alpha value is -3.22. The monoisotopic (exact) mass is 443 g/mol. The van der Waals surface area contributed by atoms with E-state index < -0.39 is 6.04 Å². The van der Waals surface area contributed by atoms with E-state index in [0.717, 1.165) is 16.8 Å². The first-order valence-electron chi connectivity index (χ1n) is 11.5. The molecule has 5 rings (SSSR count). The summed E-state index contributed by atoms with van der Waals surface area (Å²) in [6.45, 7) is 2.38. The van der Waals surface area contributed by atoms with Crippen molar-refractivity contribution in [3.8, 4) is 11.1 Å². The van der Waals surface area contributed by atoms with Crippen LogP contribution in [-0.2, 0) is 11.3 Å². The molecule has 2 aliphatic heterocycles. The van der Waals surface area contributed by atoms with E-state index >= 15 is 0 Å². The van der Waals surface area contributed by atoms with Crippen LogP contribution in [0.25, 0.3) is 11.1 Å². The fraction of sp³-hybridized carbons (Fsp3) is 0.333. The Morgan fingerprint density at radius 3 is 2.39 bits per heavy atom. The van der Waals surface area contributed by atoms with Gasteiger partial charge in [-0.1, -0.05) is 60.7 Å². The van der Waals surface area contributed by atoms with Gasteiger partial charge in [0, 0.05) is 36.2 Å². The molecule has 3 aromatic rings. The standard InChI is InChI=1S/C27H29N3O3/c1-17(18-9-5-3-6-10-18)28-26(32)25-22(16-31)21-15-30-23(24(21)29(25)2)14-13-20(27(30)33)19-11-7-4-8-12-19/h3-14,17,21-22,24-25,31H,15-16H2,1-2H3,(H,28,32)/t17-,21-,22-,24+,25-/m1/s1. The smallest absolute Gasteiger partial charge is 0.258 e. The van der Waals surface area contributed by atoms with Crippen LogP contribution in [0, 0.1) is 11.8 Å². The Kier molecular flexibility index (Phi) is 5.64. The van der Waals surface area contributed by atoms with Crippen LogP contribution in [0.4, 0.5) is 0 Å². The van der Waals surface area contributed by atoms with Crippen molar-refractivity contribution >= 4 is 5.91 Å². The van der Waals surface area contributed by atoms with Gasteiger partial charge in [0.15, 0.2) is 0 Å². The van der Waals surface area contributed by atoms with Gasteiger partial charge in [0.05, 0.1) is 18.1 Å². The molecule has 6 nitrogen and oxygen atoms in total. The third-order valence-corrected chi connectivity index (χ3v) is 7.37. The number of hydrogen-bond donors (Lipinski definition) is 2. The maximum atomic E-state index is 13.3. The van der Waals surface area contributed by atoms with Crippen molar-refractivity contribution in [2.75, 3.05) is 13.7 Å². The fourth-order valence-corrected chi connectivity index (χ4v) is 5.73. The van der Waals surface area contributed by atoms with Crippen molar-refractivity contribution in [2.45, 2.75) is 31.6 Å². The van der Waals surface area contributed by atoms with E-state index in [-0.39, 0.29) is 42.0 Å². The molecule has 1 amide bonds. The van der Waals surface area contributed by atoms with Crippen LogP contribution in [0.5, 0.6) is 0 Å². The predicted octanol–water partition coefficient (Wildman–Crippen LogP) is 2.99. The second-order valence-corrected chi connectivity index (χ2v) is 9.16. The number of pyridine rings is 1. The second kappa shape index (κ2) is 8.61. The maximum Gasteiger partial charge on any atom is 0.258 e. The molecule has 0 saturated carbocycles. The molecule has 0 radical (unpaired) electrons. The highest BCUT2D eigenvalue weighted by Gasteiger charge is 2.54. The molecule has 2 aromatic carbocycles. The molecule has 0 unspecified atom stereocenters. The van der Waals surface area contributed by atoms with Crippen molar-refractivity contribution in [3.63, 3.8) is 0 Å². The predicted molar refractivity (Wildman–Crippen MR) is 127 cm³/mol. The Morgan fingerprint density at radius 2 is 1.73 bits per heavy atom. The summed E-state index contributed by atoms with van der Waals surface area (Å²) in [5.41, 5.74) is 3.51. The van der Waals surface area contributed by atoms with Gasteiger partial charge >= 0.3 is 0 Å². The van der Waals surface area contributed by atoms with Gasteiger partial charge in [0.25, 0.3) is 5.56 Å². The van der Waals surface area contributed by atoms with Gasteiger partial charge in [-0.25, -0.2) is 0 Å². The normalized spacial score (nSPS) is 24.8. The maximum absolute atomic E-state index is 13.3. The summed E-state index contributed by atoms with van der Waals surface area (Å²) in [4.78, 5) is 28.7. The Bertz CT molecular complexity index is 1210. The van der Waals surface area contributed by atoms with Crippen molar-refractivity contribution in [2.24, 2.45) is 11.8 Å². The fourth-order valence-electron chi connectivity index (χ4n) is 5.73. The molecule has 170 valence electrons. The van der Waals surface area contributed by atoms with Crippen LogP contribution in [0.3, 0.4) is 0 Å². The lowest BCUT2D eigenvalue weighted by Crippen LogP contribution is -2.47. The molecule has 2 N–H and O–H groups in total. The van der Waals surface area contributed by atoms with Crippen LogP contribution in [0.2, 0.25) is 0 Å². The molecule has 0 bridgehead atoms. The highest BCUT2D eigenvalue weighted by molar-refractivity contribution is 5.83. The molecule has 3 heterocycles. The number of carbonyl (C=O) groups excluding carboxylic acids is 1. The SMILES string of the molecule is C[C@@H](NC(=O)[C@H]1[C@H](CO)[C@H]2Cn3c(ccc(-c4ccccc4)c3=O)[C@H]2N1C)c1ccccc1. The number of carbonyl (C=O) groups is 1. The van der Waals surface area contributed by atoms with E-state index in [4.69, 9.17) is 0 Å².